The van der Waals surface area contributed by atoms with E-state index < -0.39 is 23.9 Å². The normalized spacial score (nSPS) is 24.5. The van der Waals surface area contributed by atoms with Crippen LogP contribution in [-0.4, -0.2) is 51.8 Å². The highest BCUT2D eigenvalue weighted by Gasteiger charge is 2.53. The summed E-state index contributed by atoms with van der Waals surface area (Å²) in [6, 6.07) is 3.87. The molecule has 33 heavy (non-hydrogen) atoms. The molecule has 1 aliphatic heterocycles. The molecule has 180 valence electrons. The van der Waals surface area contributed by atoms with Crippen LogP contribution >= 0.6 is 0 Å². The third-order valence-electron chi connectivity index (χ3n) is 7.25. The zero-order valence-electron chi connectivity index (χ0n) is 20.4. The number of hydrogen-bond donors (Lipinski definition) is 3. The summed E-state index contributed by atoms with van der Waals surface area (Å²) in [5.74, 6) is -1.65. The molecule has 3 rings (SSSR count). The molecule has 0 radical (unpaired) electrons. The lowest BCUT2D eigenvalue weighted by atomic mass is 9.67. The smallest absolute Gasteiger partial charge is 0.233 e. The highest BCUT2D eigenvalue weighted by molar-refractivity contribution is 6.05. The summed E-state index contributed by atoms with van der Waals surface area (Å²) in [7, 11) is 1.51. The van der Waals surface area contributed by atoms with Crippen molar-refractivity contribution in [3.05, 3.63) is 45.5 Å². The van der Waals surface area contributed by atoms with E-state index in [0.29, 0.717) is 25.0 Å². The van der Waals surface area contributed by atoms with Gasteiger partial charge in [-0.3, -0.25) is 14.5 Å². The van der Waals surface area contributed by atoms with Gasteiger partial charge in [-0.2, -0.15) is 0 Å². The number of likely N-dealkylation sites (tertiary alicyclic amines) is 1. The number of aromatic hydroxyl groups is 1. The summed E-state index contributed by atoms with van der Waals surface area (Å²) in [5.41, 5.74) is 5.54. The minimum atomic E-state index is -0.773. The van der Waals surface area contributed by atoms with Crippen LogP contribution in [0, 0.1) is 31.6 Å². The number of aliphatic hydroxyl groups is 2. The van der Waals surface area contributed by atoms with Gasteiger partial charge in [0, 0.05) is 13.0 Å². The predicted molar refractivity (Wildman–Crippen MR) is 128 cm³/mol. The minimum absolute atomic E-state index is 0.177. The Balaban J connectivity index is 1.82. The minimum Gasteiger partial charge on any atom is -0.507 e. The van der Waals surface area contributed by atoms with Gasteiger partial charge >= 0.3 is 0 Å². The van der Waals surface area contributed by atoms with Crippen LogP contribution in [0.25, 0.3) is 6.08 Å². The third kappa shape index (κ3) is 4.92. The molecular weight excluding hydrogens is 418 g/mol. The molecule has 0 spiro atoms. The van der Waals surface area contributed by atoms with Gasteiger partial charge in [0.2, 0.25) is 11.8 Å². The maximum Gasteiger partial charge on any atom is 0.233 e. The quantitative estimate of drug-likeness (QED) is 0.408. The lowest BCUT2D eigenvalue weighted by Crippen LogP contribution is -2.39. The molecule has 6 heteroatoms. The van der Waals surface area contributed by atoms with Gasteiger partial charge in [-0.05, 0) is 80.9 Å². The fourth-order valence-corrected chi connectivity index (χ4v) is 5.60. The Hall–Kier alpha value is -2.44. The molecule has 3 N–H and O–H groups in total. The van der Waals surface area contributed by atoms with Crippen LogP contribution < -0.4 is 0 Å². The topological polar surface area (TPSA) is 98.1 Å². The zero-order valence-corrected chi connectivity index (χ0v) is 20.4. The summed E-state index contributed by atoms with van der Waals surface area (Å²) in [4.78, 5) is 26.6. The molecule has 1 aromatic carbocycles. The van der Waals surface area contributed by atoms with Crippen LogP contribution in [0.1, 0.15) is 62.6 Å². The van der Waals surface area contributed by atoms with Crippen molar-refractivity contribution < 1.29 is 24.9 Å². The number of phenolic OH excluding ortho intramolecular Hbond substituents is 1. The predicted octanol–water partition coefficient (Wildman–Crippen LogP) is 3.89. The monoisotopic (exact) mass is 455 g/mol. The number of fused-ring (bicyclic) bond motifs is 1. The second-order valence-corrected chi connectivity index (χ2v) is 9.72. The van der Waals surface area contributed by atoms with Gasteiger partial charge in [0.05, 0.1) is 24.5 Å². The van der Waals surface area contributed by atoms with E-state index in [2.05, 4.69) is 13.0 Å². The number of aliphatic hydroxyl groups excluding tert-OH is 2. The summed E-state index contributed by atoms with van der Waals surface area (Å²) in [6.45, 7) is 7.56. The fourth-order valence-electron chi connectivity index (χ4n) is 5.60. The number of nitrogens with zero attached hydrogens (tertiary/aromatic N) is 1. The Bertz CT molecular complexity index is 969. The number of hydrogen-bond acceptors (Lipinski definition) is 5. The van der Waals surface area contributed by atoms with Crippen LogP contribution in [0.5, 0.6) is 5.75 Å². The molecule has 2 amide bonds. The Labute approximate surface area is 196 Å². The number of imide groups is 1. The van der Waals surface area contributed by atoms with E-state index in [1.807, 2.05) is 32.9 Å². The second kappa shape index (κ2) is 10.2. The first-order valence-corrected chi connectivity index (χ1v) is 11.9. The molecular formula is C27H37NO5. The van der Waals surface area contributed by atoms with Crippen LogP contribution in [0.15, 0.2) is 28.9 Å². The van der Waals surface area contributed by atoms with Gasteiger partial charge in [-0.25, -0.2) is 0 Å². The first-order valence-electron chi connectivity index (χ1n) is 11.9. The van der Waals surface area contributed by atoms with Crippen molar-refractivity contribution in [3.63, 3.8) is 0 Å². The van der Waals surface area contributed by atoms with Crippen molar-refractivity contribution in [2.45, 2.75) is 65.9 Å². The van der Waals surface area contributed by atoms with E-state index in [1.165, 1.54) is 11.9 Å². The van der Waals surface area contributed by atoms with Gasteiger partial charge in [-0.15, -0.1) is 0 Å². The van der Waals surface area contributed by atoms with Gasteiger partial charge in [0.15, 0.2) is 0 Å². The van der Waals surface area contributed by atoms with Crippen LogP contribution in [0.2, 0.25) is 0 Å². The number of carbonyl (C=O) groups is 2. The Morgan fingerprint density at radius 3 is 2.42 bits per heavy atom. The van der Waals surface area contributed by atoms with Crippen molar-refractivity contribution in [2.24, 2.45) is 17.8 Å². The standard InChI is InChI=1S/C27H37NO5/c1-6-7-19-13-20-24(27(33)28(5)26(20)32)21(14-29)23(19)22(30)9-8-15(2)10-18-11-16(3)25(31)17(4)12-18/h10-12,20-22,24,29-31H,6-9,13-14H2,1-5H3/b15-10+/t20-,21+,22-,24-/m1/s1. The first kappa shape index (κ1) is 25.2. The molecule has 0 bridgehead atoms. The SMILES string of the molecule is CCCC1=C([C@H](O)CC/C(C)=C/c2cc(C)c(O)c(C)c2)[C@H](CO)[C@@H]2C(=O)N(C)C(=O)[C@@H]2C1. The number of phenols is 1. The van der Waals surface area contributed by atoms with E-state index in [9.17, 15) is 24.9 Å². The molecule has 1 aromatic rings. The molecule has 0 aromatic heterocycles. The van der Waals surface area contributed by atoms with E-state index in [0.717, 1.165) is 46.3 Å². The summed E-state index contributed by atoms with van der Waals surface area (Å²) >= 11 is 0. The van der Waals surface area contributed by atoms with Crippen LogP contribution in [0.4, 0.5) is 0 Å². The highest BCUT2D eigenvalue weighted by atomic mass is 16.3. The van der Waals surface area contributed by atoms with Gasteiger partial charge in [0.1, 0.15) is 5.75 Å². The molecule has 1 fully saturated rings. The number of allylic oxidation sites excluding steroid dienone is 2. The first-order chi connectivity index (χ1) is 15.6. The Morgan fingerprint density at radius 1 is 1.21 bits per heavy atom. The fraction of sp³-hybridized carbons (Fsp3) is 0.556. The van der Waals surface area contributed by atoms with E-state index >= 15 is 0 Å². The van der Waals surface area contributed by atoms with Gasteiger partial charge in [0.25, 0.3) is 0 Å². The average molecular weight is 456 g/mol. The summed E-state index contributed by atoms with van der Waals surface area (Å²) in [5, 5.41) is 31.4. The van der Waals surface area contributed by atoms with Gasteiger partial charge < -0.3 is 15.3 Å². The lowest BCUT2D eigenvalue weighted by molar-refractivity contribution is -0.138. The number of carbonyl (C=O) groups excluding carboxylic acids is 2. The highest BCUT2D eigenvalue weighted by Crippen LogP contribution is 2.46. The van der Waals surface area contributed by atoms with Crippen molar-refractivity contribution >= 4 is 17.9 Å². The number of amides is 2. The zero-order chi connectivity index (χ0) is 24.4. The maximum absolute atomic E-state index is 12.8. The lowest BCUT2D eigenvalue weighted by Gasteiger charge is -2.36. The van der Waals surface area contributed by atoms with Crippen molar-refractivity contribution in [2.75, 3.05) is 13.7 Å². The molecule has 1 aliphatic carbocycles. The molecule has 0 saturated carbocycles. The second-order valence-electron chi connectivity index (χ2n) is 9.72. The van der Waals surface area contributed by atoms with E-state index in [-0.39, 0.29) is 18.4 Å². The molecule has 1 heterocycles. The van der Waals surface area contributed by atoms with E-state index in [1.54, 1.807) is 0 Å². The third-order valence-corrected chi connectivity index (χ3v) is 7.25. The van der Waals surface area contributed by atoms with Crippen molar-refractivity contribution in [1.29, 1.82) is 0 Å². The molecule has 1 saturated heterocycles. The Morgan fingerprint density at radius 2 is 1.85 bits per heavy atom. The molecule has 2 aliphatic rings. The summed E-state index contributed by atoms with van der Waals surface area (Å²) < 4.78 is 0. The summed E-state index contributed by atoms with van der Waals surface area (Å²) in [6.07, 6.45) is 4.52. The van der Waals surface area contributed by atoms with Crippen molar-refractivity contribution in [3.8, 4) is 5.75 Å². The van der Waals surface area contributed by atoms with Gasteiger partial charge in [-0.1, -0.05) is 30.6 Å². The molecule has 4 atom stereocenters. The van der Waals surface area contributed by atoms with Crippen LogP contribution in [-0.2, 0) is 9.59 Å². The average Bonchev–Trinajstić information content (AvgIpc) is 2.99. The Kier molecular flexibility index (Phi) is 7.80. The number of rotatable bonds is 8. The largest absolute Gasteiger partial charge is 0.507 e. The molecule has 0 unspecified atom stereocenters. The number of aryl methyl sites for hydroxylation is 2. The molecule has 6 nitrogen and oxygen atoms in total. The van der Waals surface area contributed by atoms with E-state index in [4.69, 9.17) is 0 Å². The van der Waals surface area contributed by atoms with Crippen molar-refractivity contribution in [1.82, 2.24) is 4.90 Å². The van der Waals surface area contributed by atoms with Crippen LogP contribution in [0.3, 0.4) is 0 Å². The maximum atomic E-state index is 12.8. The number of benzene rings is 1.